The molecular weight excluding hydrogens is 406 g/mol. The van der Waals surface area contributed by atoms with Crippen molar-refractivity contribution in [1.29, 1.82) is 0 Å². The van der Waals surface area contributed by atoms with Crippen molar-refractivity contribution >= 4 is 16.8 Å². The lowest BCUT2D eigenvalue weighted by Crippen LogP contribution is -2.67. The van der Waals surface area contributed by atoms with Gasteiger partial charge in [-0.3, -0.25) is 9.59 Å². The summed E-state index contributed by atoms with van der Waals surface area (Å²) in [7, 11) is 0. The van der Waals surface area contributed by atoms with Crippen molar-refractivity contribution in [2.24, 2.45) is 5.41 Å². The number of ether oxygens (including phenoxy) is 2. The van der Waals surface area contributed by atoms with Crippen LogP contribution in [-0.2, 0) is 24.1 Å². The molecule has 1 aromatic carbocycles. The first kappa shape index (κ1) is 19.5. The number of rotatable bonds is 4. The fourth-order valence-corrected chi connectivity index (χ4v) is 5.17. The van der Waals surface area contributed by atoms with Gasteiger partial charge in [0.25, 0.3) is 5.91 Å². The molecule has 4 heterocycles. The van der Waals surface area contributed by atoms with Crippen molar-refractivity contribution in [1.82, 2.24) is 14.5 Å². The molecule has 2 aliphatic heterocycles. The minimum atomic E-state index is -0.262. The van der Waals surface area contributed by atoms with E-state index in [1.165, 1.54) is 11.1 Å². The molecule has 1 amide bonds. The van der Waals surface area contributed by atoms with Gasteiger partial charge in [-0.1, -0.05) is 24.3 Å². The normalized spacial score (nSPS) is 19.0. The van der Waals surface area contributed by atoms with E-state index >= 15 is 0 Å². The number of aromatic nitrogens is 2. The third-order valence-electron chi connectivity index (χ3n) is 6.97. The largest absolute Gasteiger partial charge is 0.474 e. The predicted molar refractivity (Wildman–Crippen MR) is 119 cm³/mol. The van der Waals surface area contributed by atoms with Gasteiger partial charge in [0.1, 0.15) is 11.7 Å². The summed E-state index contributed by atoms with van der Waals surface area (Å²) in [6, 6.07) is 10.0. The summed E-state index contributed by atoms with van der Waals surface area (Å²) in [6.07, 6.45) is 5.00. The van der Waals surface area contributed by atoms with Crippen molar-refractivity contribution in [2.45, 2.75) is 32.4 Å². The van der Waals surface area contributed by atoms with Crippen LogP contribution < -0.4 is 10.2 Å². The second-order valence-electron chi connectivity index (χ2n) is 9.27. The van der Waals surface area contributed by atoms with E-state index in [0.717, 1.165) is 12.8 Å². The smallest absolute Gasteiger partial charge is 0.259 e. The highest BCUT2D eigenvalue weighted by Crippen LogP contribution is 2.38. The Morgan fingerprint density at radius 1 is 1.22 bits per heavy atom. The first-order chi connectivity index (χ1) is 15.5. The van der Waals surface area contributed by atoms with Gasteiger partial charge in [0.2, 0.25) is 11.3 Å². The molecule has 164 valence electrons. The van der Waals surface area contributed by atoms with E-state index in [1.54, 1.807) is 23.4 Å². The van der Waals surface area contributed by atoms with Gasteiger partial charge in [0.05, 0.1) is 35.7 Å². The van der Waals surface area contributed by atoms with Crippen molar-refractivity contribution < 1.29 is 14.3 Å². The van der Waals surface area contributed by atoms with Crippen molar-refractivity contribution in [3.8, 4) is 5.88 Å². The summed E-state index contributed by atoms with van der Waals surface area (Å²) in [5.41, 5.74) is 3.36. The van der Waals surface area contributed by atoms with Crippen molar-refractivity contribution in [3.05, 3.63) is 69.6 Å². The topological polar surface area (TPSA) is 73.7 Å². The highest BCUT2D eigenvalue weighted by Gasteiger charge is 2.51. The van der Waals surface area contributed by atoms with Gasteiger partial charge in [-0.05, 0) is 18.1 Å². The minimum Gasteiger partial charge on any atom is -0.474 e. The van der Waals surface area contributed by atoms with Gasteiger partial charge < -0.3 is 18.9 Å². The Balaban J connectivity index is 1.30. The Bertz CT molecular complexity index is 1260. The van der Waals surface area contributed by atoms with E-state index in [9.17, 15) is 9.59 Å². The predicted octanol–water partition coefficient (Wildman–Crippen LogP) is 2.43. The molecule has 0 bridgehead atoms. The summed E-state index contributed by atoms with van der Waals surface area (Å²) in [5.74, 6) is 0.219. The number of hydrogen-bond donors (Lipinski definition) is 0. The lowest BCUT2D eigenvalue weighted by molar-refractivity contribution is -0.176. The molecule has 1 aliphatic carbocycles. The van der Waals surface area contributed by atoms with Crippen LogP contribution in [0.5, 0.6) is 5.88 Å². The minimum absolute atomic E-state index is 0.00228. The van der Waals surface area contributed by atoms with Gasteiger partial charge >= 0.3 is 0 Å². The van der Waals surface area contributed by atoms with E-state index < -0.39 is 0 Å². The highest BCUT2D eigenvalue weighted by atomic mass is 16.5. The van der Waals surface area contributed by atoms with Crippen LogP contribution in [0.15, 0.2) is 47.5 Å². The Kier molecular flexibility index (Phi) is 4.37. The number of likely N-dealkylation sites (tertiary alicyclic amines) is 1. The number of hydrogen-bond acceptors (Lipinski definition) is 5. The van der Waals surface area contributed by atoms with E-state index in [0.29, 0.717) is 49.6 Å². The number of fused-ring (bicyclic) bond motifs is 2. The van der Waals surface area contributed by atoms with Crippen LogP contribution in [0.25, 0.3) is 10.9 Å². The highest BCUT2D eigenvalue weighted by molar-refractivity contribution is 5.98. The Morgan fingerprint density at radius 2 is 1.94 bits per heavy atom. The summed E-state index contributed by atoms with van der Waals surface area (Å²) >= 11 is 0. The SMILES string of the molecule is CCn1cc(C(=O)N2CC3(COC3)C2)c(=O)c2cc(OC3Cc4ccccc4C3)ncc21. The molecule has 6 rings (SSSR count). The van der Waals surface area contributed by atoms with Gasteiger partial charge in [-0.15, -0.1) is 0 Å². The van der Waals surface area contributed by atoms with Crippen molar-refractivity contribution in [3.63, 3.8) is 0 Å². The summed E-state index contributed by atoms with van der Waals surface area (Å²) < 4.78 is 13.4. The molecule has 7 heteroatoms. The van der Waals surface area contributed by atoms with Crippen LogP contribution in [0.1, 0.15) is 28.4 Å². The van der Waals surface area contributed by atoms with Crippen molar-refractivity contribution in [2.75, 3.05) is 26.3 Å². The number of carbonyl (C=O) groups excluding carboxylic acids is 1. The van der Waals surface area contributed by atoms with E-state index in [4.69, 9.17) is 9.47 Å². The molecule has 2 aromatic heterocycles. The van der Waals surface area contributed by atoms with Crippen LogP contribution in [-0.4, -0.2) is 52.8 Å². The van der Waals surface area contributed by atoms with Crippen LogP contribution in [0.3, 0.4) is 0 Å². The molecular formula is C25H25N3O4. The van der Waals surface area contributed by atoms with Gasteiger partial charge in [-0.2, -0.15) is 0 Å². The quantitative estimate of drug-likeness (QED) is 0.634. The van der Waals surface area contributed by atoms with E-state index in [2.05, 4.69) is 17.1 Å². The fraction of sp³-hybridized carbons (Fsp3) is 0.400. The Morgan fingerprint density at radius 3 is 2.56 bits per heavy atom. The number of nitrogens with zero attached hydrogens (tertiary/aromatic N) is 3. The lowest BCUT2D eigenvalue weighted by Gasteiger charge is -2.54. The third kappa shape index (κ3) is 3.03. The van der Waals surface area contributed by atoms with Crippen LogP contribution >= 0.6 is 0 Å². The molecule has 1 spiro atoms. The third-order valence-corrected chi connectivity index (χ3v) is 6.97. The second-order valence-corrected chi connectivity index (χ2v) is 9.27. The number of carbonyl (C=O) groups is 1. The fourth-order valence-electron chi connectivity index (χ4n) is 5.17. The molecule has 7 nitrogen and oxygen atoms in total. The maximum atomic E-state index is 13.3. The van der Waals surface area contributed by atoms with Gasteiger partial charge in [0, 0.05) is 44.7 Å². The molecule has 32 heavy (non-hydrogen) atoms. The average molecular weight is 431 g/mol. The first-order valence-electron chi connectivity index (χ1n) is 11.2. The maximum Gasteiger partial charge on any atom is 0.259 e. The summed E-state index contributed by atoms with van der Waals surface area (Å²) in [5, 5.41) is 0.473. The number of benzene rings is 1. The first-order valence-corrected chi connectivity index (χ1v) is 11.2. The molecule has 2 fully saturated rings. The van der Waals surface area contributed by atoms with Gasteiger partial charge in [0.15, 0.2) is 0 Å². The molecule has 0 N–H and O–H groups in total. The molecule has 0 unspecified atom stereocenters. The monoisotopic (exact) mass is 431 g/mol. The summed E-state index contributed by atoms with van der Waals surface area (Å²) in [6.45, 7) is 5.33. The average Bonchev–Trinajstić information content (AvgIpc) is 3.14. The molecule has 2 saturated heterocycles. The Hall–Kier alpha value is -3.19. The molecule has 3 aliphatic rings. The molecule has 0 saturated carbocycles. The van der Waals surface area contributed by atoms with E-state index in [1.807, 2.05) is 23.6 Å². The zero-order chi connectivity index (χ0) is 21.9. The molecule has 0 radical (unpaired) electrons. The number of pyridine rings is 2. The molecule has 0 atom stereocenters. The molecule has 3 aromatic rings. The Labute approximate surface area is 185 Å². The lowest BCUT2D eigenvalue weighted by atomic mass is 9.78. The zero-order valence-corrected chi connectivity index (χ0v) is 18.0. The maximum absolute atomic E-state index is 13.3. The number of aryl methyl sites for hydroxylation is 1. The van der Waals surface area contributed by atoms with Crippen LogP contribution in [0.4, 0.5) is 0 Å². The standard InChI is InChI=1S/C25H25N3O4/c1-2-27-11-20(24(30)28-12-25(13-28)14-31-15-25)23(29)19-9-22(26-10-21(19)27)32-18-7-16-5-3-4-6-17(16)8-18/h3-6,9-11,18H,2,7-8,12-15H2,1H3. The van der Waals surface area contributed by atoms with Crippen LogP contribution in [0.2, 0.25) is 0 Å². The summed E-state index contributed by atoms with van der Waals surface area (Å²) in [4.78, 5) is 32.6. The van der Waals surface area contributed by atoms with E-state index in [-0.39, 0.29) is 28.4 Å². The van der Waals surface area contributed by atoms with Gasteiger partial charge in [-0.25, -0.2) is 4.98 Å². The zero-order valence-electron chi connectivity index (χ0n) is 18.0. The van der Waals surface area contributed by atoms with Crippen LogP contribution in [0, 0.1) is 5.41 Å². The number of amides is 1. The second kappa shape index (κ2) is 7.17.